The lowest BCUT2D eigenvalue weighted by atomic mass is 9.85. The second kappa shape index (κ2) is 6.01. The maximum Gasteiger partial charge on any atom is 0.252 e. The zero-order chi connectivity index (χ0) is 14.9. The molecule has 110 valence electrons. The van der Waals surface area contributed by atoms with Gasteiger partial charge < -0.3 is 5.32 Å². The van der Waals surface area contributed by atoms with E-state index in [1.807, 2.05) is 0 Å². The van der Waals surface area contributed by atoms with Crippen molar-refractivity contribution < 1.29 is 13.2 Å². The highest BCUT2D eigenvalue weighted by Gasteiger charge is 2.23. The smallest absolute Gasteiger partial charge is 0.252 e. The van der Waals surface area contributed by atoms with Crippen LogP contribution in [0.5, 0.6) is 0 Å². The van der Waals surface area contributed by atoms with E-state index in [1.54, 1.807) is 0 Å². The SMILES string of the molecule is NS(=O)(=O)c1cc(Br)cc(C(=O)NCC2CCC2)c1Cl. The highest BCUT2D eigenvalue weighted by Crippen LogP contribution is 2.29. The minimum atomic E-state index is -3.98. The van der Waals surface area contributed by atoms with Crippen LogP contribution in [-0.4, -0.2) is 20.9 Å². The topological polar surface area (TPSA) is 89.3 Å². The Kier molecular flexibility index (Phi) is 4.73. The van der Waals surface area contributed by atoms with Crippen LogP contribution in [0.1, 0.15) is 29.6 Å². The van der Waals surface area contributed by atoms with E-state index in [2.05, 4.69) is 21.2 Å². The zero-order valence-corrected chi connectivity index (χ0v) is 13.7. The number of halogens is 2. The number of amides is 1. The van der Waals surface area contributed by atoms with Crippen LogP contribution >= 0.6 is 27.5 Å². The van der Waals surface area contributed by atoms with Gasteiger partial charge in [0.15, 0.2) is 0 Å². The number of primary sulfonamides is 1. The summed E-state index contributed by atoms with van der Waals surface area (Å²) in [6, 6.07) is 2.76. The third-order valence-corrected chi connectivity index (χ3v) is 5.24. The van der Waals surface area contributed by atoms with E-state index in [0.717, 1.165) is 12.8 Å². The van der Waals surface area contributed by atoms with E-state index in [9.17, 15) is 13.2 Å². The summed E-state index contributed by atoms with van der Waals surface area (Å²) in [7, 11) is -3.98. The molecule has 3 N–H and O–H groups in total. The molecule has 20 heavy (non-hydrogen) atoms. The maximum atomic E-state index is 12.1. The Morgan fingerprint density at radius 3 is 2.60 bits per heavy atom. The highest BCUT2D eigenvalue weighted by atomic mass is 79.9. The molecule has 0 bridgehead atoms. The van der Waals surface area contributed by atoms with E-state index < -0.39 is 15.9 Å². The number of sulfonamides is 1. The Balaban J connectivity index is 2.26. The summed E-state index contributed by atoms with van der Waals surface area (Å²) in [5, 5.41) is 7.70. The molecule has 5 nitrogen and oxygen atoms in total. The largest absolute Gasteiger partial charge is 0.352 e. The van der Waals surface area contributed by atoms with Crippen molar-refractivity contribution in [3.05, 3.63) is 27.2 Å². The predicted molar refractivity (Wildman–Crippen MR) is 80.2 cm³/mol. The number of benzene rings is 1. The van der Waals surface area contributed by atoms with Gasteiger partial charge in [0.05, 0.1) is 10.6 Å². The molecule has 0 radical (unpaired) electrons. The maximum absolute atomic E-state index is 12.1. The molecule has 0 heterocycles. The van der Waals surface area contributed by atoms with Gasteiger partial charge in [0.25, 0.3) is 5.91 Å². The van der Waals surface area contributed by atoms with E-state index in [0.29, 0.717) is 16.9 Å². The van der Waals surface area contributed by atoms with Crippen molar-refractivity contribution in [3.8, 4) is 0 Å². The van der Waals surface area contributed by atoms with Crippen LogP contribution in [0, 0.1) is 5.92 Å². The van der Waals surface area contributed by atoms with Gasteiger partial charge in [-0.05, 0) is 30.9 Å². The molecule has 0 spiro atoms. The Morgan fingerprint density at radius 2 is 2.10 bits per heavy atom. The molecule has 1 aliphatic rings. The Labute approximate surface area is 131 Å². The van der Waals surface area contributed by atoms with Gasteiger partial charge in [-0.2, -0.15) is 0 Å². The quantitative estimate of drug-likeness (QED) is 0.838. The van der Waals surface area contributed by atoms with E-state index in [4.69, 9.17) is 16.7 Å². The molecule has 0 atom stereocenters. The minimum absolute atomic E-state index is 0.101. The molecule has 0 aliphatic heterocycles. The van der Waals surface area contributed by atoms with Crippen LogP contribution in [0.15, 0.2) is 21.5 Å². The van der Waals surface area contributed by atoms with Crippen LogP contribution < -0.4 is 10.5 Å². The van der Waals surface area contributed by atoms with Gasteiger partial charge in [0.1, 0.15) is 4.90 Å². The molecule has 1 aliphatic carbocycles. The molecule has 1 saturated carbocycles. The first-order valence-corrected chi connectivity index (χ1v) is 8.81. The summed E-state index contributed by atoms with van der Waals surface area (Å²) >= 11 is 9.14. The first kappa shape index (κ1) is 15.8. The molecular weight excluding hydrogens is 368 g/mol. The van der Waals surface area contributed by atoms with Crippen molar-refractivity contribution in [1.82, 2.24) is 5.32 Å². The normalized spacial score (nSPS) is 15.8. The summed E-state index contributed by atoms with van der Waals surface area (Å²) in [6.45, 7) is 0.576. The van der Waals surface area contributed by atoms with Crippen LogP contribution in [0.3, 0.4) is 0 Å². The number of carbonyl (C=O) groups is 1. The average Bonchev–Trinajstić information content (AvgIpc) is 2.28. The standard InChI is InChI=1S/C12H14BrClN2O3S/c13-8-4-9(11(14)10(5-8)20(15,18)19)12(17)16-6-7-2-1-3-7/h4-5,7H,1-3,6H2,(H,16,17)(H2,15,18,19). The molecule has 1 aromatic carbocycles. The molecule has 0 unspecified atom stereocenters. The summed E-state index contributed by atoms with van der Waals surface area (Å²) < 4.78 is 23.3. The van der Waals surface area contributed by atoms with E-state index >= 15 is 0 Å². The van der Waals surface area contributed by atoms with Gasteiger partial charge in [-0.3, -0.25) is 4.79 Å². The predicted octanol–water partition coefficient (Wildman–Crippen LogP) is 2.28. The fourth-order valence-corrected chi connectivity index (χ4v) is 3.74. The fraction of sp³-hybridized carbons (Fsp3) is 0.417. The lowest BCUT2D eigenvalue weighted by Crippen LogP contribution is -2.32. The lowest BCUT2D eigenvalue weighted by molar-refractivity contribution is 0.0939. The van der Waals surface area contributed by atoms with Crippen LogP contribution in [0.4, 0.5) is 0 Å². The van der Waals surface area contributed by atoms with Gasteiger partial charge in [-0.15, -0.1) is 0 Å². The van der Waals surface area contributed by atoms with Crippen molar-refractivity contribution in [1.29, 1.82) is 0 Å². The number of rotatable bonds is 4. The Morgan fingerprint density at radius 1 is 1.45 bits per heavy atom. The Bertz CT molecular complexity index is 644. The number of nitrogens with two attached hydrogens (primary N) is 1. The molecule has 1 amide bonds. The summed E-state index contributed by atoms with van der Waals surface area (Å²) in [5.74, 6) is 0.107. The van der Waals surface area contributed by atoms with Crippen molar-refractivity contribution in [2.75, 3.05) is 6.54 Å². The van der Waals surface area contributed by atoms with Gasteiger partial charge in [-0.1, -0.05) is 34.0 Å². The lowest BCUT2D eigenvalue weighted by Gasteiger charge is -2.25. The number of hydrogen-bond donors (Lipinski definition) is 2. The molecule has 0 saturated heterocycles. The van der Waals surface area contributed by atoms with Gasteiger partial charge in [0.2, 0.25) is 10.0 Å². The zero-order valence-electron chi connectivity index (χ0n) is 10.5. The van der Waals surface area contributed by atoms with Crippen molar-refractivity contribution in [2.45, 2.75) is 24.2 Å². The fourth-order valence-electron chi connectivity index (χ4n) is 1.97. The molecular formula is C12H14BrClN2O3S. The summed E-state index contributed by atoms with van der Waals surface area (Å²) in [4.78, 5) is 11.8. The molecule has 2 rings (SSSR count). The third kappa shape index (κ3) is 3.52. The third-order valence-electron chi connectivity index (χ3n) is 3.33. The average molecular weight is 382 g/mol. The van der Waals surface area contributed by atoms with Crippen LogP contribution in [0.25, 0.3) is 0 Å². The number of carbonyl (C=O) groups excluding carboxylic acids is 1. The second-order valence-corrected chi connectivity index (χ2v) is 7.64. The molecule has 1 aromatic rings. The number of hydrogen-bond acceptors (Lipinski definition) is 3. The molecule has 1 fully saturated rings. The van der Waals surface area contributed by atoms with E-state index in [1.165, 1.54) is 18.6 Å². The summed E-state index contributed by atoms with van der Waals surface area (Å²) in [5.41, 5.74) is 0.101. The van der Waals surface area contributed by atoms with Crippen molar-refractivity contribution in [2.24, 2.45) is 11.1 Å². The Hall–Kier alpha value is -0.630. The molecule has 8 heteroatoms. The van der Waals surface area contributed by atoms with E-state index in [-0.39, 0.29) is 15.5 Å². The van der Waals surface area contributed by atoms with Crippen molar-refractivity contribution >= 4 is 43.5 Å². The van der Waals surface area contributed by atoms with Crippen LogP contribution in [0.2, 0.25) is 5.02 Å². The number of nitrogens with one attached hydrogen (secondary N) is 1. The van der Waals surface area contributed by atoms with Gasteiger partial charge in [0, 0.05) is 11.0 Å². The summed E-state index contributed by atoms with van der Waals surface area (Å²) in [6.07, 6.45) is 3.40. The minimum Gasteiger partial charge on any atom is -0.352 e. The second-order valence-electron chi connectivity index (χ2n) is 4.82. The first-order chi connectivity index (χ1) is 9.29. The van der Waals surface area contributed by atoms with Crippen molar-refractivity contribution in [3.63, 3.8) is 0 Å². The first-order valence-electron chi connectivity index (χ1n) is 6.09. The van der Waals surface area contributed by atoms with Gasteiger partial charge in [-0.25, -0.2) is 13.6 Å². The van der Waals surface area contributed by atoms with Gasteiger partial charge >= 0.3 is 0 Å². The highest BCUT2D eigenvalue weighted by molar-refractivity contribution is 9.10. The monoisotopic (exact) mass is 380 g/mol. The van der Waals surface area contributed by atoms with Crippen LogP contribution in [-0.2, 0) is 10.0 Å². The molecule has 0 aromatic heterocycles.